The number of rotatable bonds is 5. The highest BCUT2D eigenvalue weighted by Gasteiger charge is 2.22. The summed E-state index contributed by atoms with van der Waals surface area (Å²) in [4.78, 5) is 20.9. The van der Waals surface area contributed by atoms with Crippen molar-refractivity contribution < 1.29 is 14.6 Å². The summed E-state index contributed by atoms with van der Waals surface area (Å²) in [5.74, 6) is -0.656. The van der Waals surface area contributed by atoms with Crippen LogP contribution in [0.3, 0.4) is 0 Å². The molecule has 2 aromatic heterocycles. The molecule has 2 heterocycles. The fourth-order valence-electron chi connectivity index (χ4n) is 2.31. The van der Waals surface area contributed by atoms with Crippen LogP contribution in [0.1, 0.15) is 16.6 Å². The van der Waals surface area contributed by atoms with E-state index in [9.17, 15) is 9.90 Å². The van der Waals surface area contributed by atoms with E-state index in [4.69, 9.17) is 39.4 Å². The summed E-state index contributed by atoms with van der Waals surface area (Å²) in [6.07, 6.45) is -0.512. The van der Waals surface area contributed by atoms with Gasteiger partial charge >= 0.3 is 6.01 Å². The number of hydrogen-bond acceptors (Lipinski definition) is 7. The summed E-state index contributed by atoms with van der Waals surface area (Å²) in [5.41, 5.74) is 12.7. The molecule has 0 aliphatic carbocycles. The molecular weight excluding hydrogens is 399 g/mol. The van der Waals surface area contributed by atoms with Crippen molar-refractivity contribution in [1.29, 1.82) is 0 Å². The van der Waals surface area contributed by atoms with Gasteiger partial charge in [0.25, 0.3) is 5.91 Å². The van der Waals surface area contributed by atoms with E-state index in [0.29, 0.717) is 31.5 Å². The first-order valence-corrected chi connectivity index (χ1v) is 9.01. The molecule has 1 atom stereocenters. The van der Waals surface area contributed by atoms with Gasteiger partial charge in [0, 0.05) is 5.56 Å². The zero-order valence-electron chi connectivity index (χ0n) is 13.5. The molecule has 0 saturated carbocycles. The molecule has 0 radical (unpaired) electrons. The highest BCUT2D eigenvalue weighted by Crippen LogP contribution is 2.40. The van der Waals surface area contributed by atoms with Crippen molar-refractivity contribution in [2.24, 2.45) is 5.73 Å². The Bertz CT molecular complexity index is 1010. The lowest BCUT2D eigenvalue weighted by molar-refractivity contribution is 0.100. The maximum atomic E-state index is 11.6. The molecule has 1 amide bonds. The number of amides is 1. The van der Waals surface area contributed by atoms with Gasteiger partial charge in [-0.05, 0) is 19.1 Å². The molecule has 1 aromatic carbocycles. The van der Waals surface area contributed by atoms with Crippen LogP contribution in [0.5, 0.6) is 6.01 Å². The first-order valence-electron chi connectivity index (χ1n) is 7.44. The van der Waals surface area contributed by atoms with E-state index in [2.05, 4.69) is 9.97 Å². The third kappa shape index (κ3) is 3.41. The molecule has 7 nitrogen and oxygen atoms in total. The predicted octanol–water partition coefficient (Wildman–Crippen LogP) is 3.11. The molecule has 3 rings (SSSR count). The van der Waals surface area contributed by atoms with Crippen molar-refractivity contribution >= 4 is 56.3 Å². The normalized spacial score (nSPS) is 12.3. The summed E-state index contributed by atoms with van der Waals surface area (Å²) in [7, 11) is 0. The Morgan fingerprint density at radius 1 is 1.35 bits per heavy atom. The number of nitrogens with zero attached hydrogens (tertiary/aromatic N) is 2. The molecule has 0 aliphatic heterocycles. The number of nitrogens with two attached hydrogens (primary N) is 2. The molecular formula is C16H14Cl2N4O3S. The van der Waals surface area contributed by atoms with Crippen molar-refractivity contribution in [3.8, 4) is 17.3 Å². The van der Waals surface area contributed by atoms with E-state index < -0.39 is 12.0 Å². The van der Waals surface area contributed by atoms with Crippen LogP contribution in [-0.4, -0.2) is 33.7 Å². The zero-order valence-corrected chi connectivity index (χ0v) is 15.8. The number of nitrogen functional groups attached to an aromatic ring is 1. The monoisotopic (exact) mass is 412 g/mol. The van der Waals surface area contributed by atoms with Crippen molar-refractivity contribution in [1.82, 2.24) is 9.97 Å². The smallest absolute Gasteiger partial charge is 0.318 e. The first kappa shape index (κ1) is 18.7. The number of hydrogen-bond donors (Lipinski definition) is 3. The summed E-state index contributed by atoms with van der Waals surface area (Å²) < 4.78 is 5.52. The number of aliphatic hydroxyl groups excluding tert-OH is 1. The van der Waals surface area contributed by atoms with Gasteiger partial charge in [-0.3, -0.25) is 4.79 Å². The van der Waals surface area contributed by atoms with Gasteiger partial charge < -0.3 is 21.3 Å². The number of primary amides is 1. The SMILES string of the molecule is C[C@@H](CO)Oc1nc(-c2ccc(Cl)c(Cl)c2)c2c(N)c(C(N)=O)sc2n1. The predicted molar refractivity (Wildman–Crippen MR) is 103 cm³/mol. The molecule has 136 valence electrons. The minimum absolute atomic E-state index is 0.0393. The second-order valence-corrected chi connectivity index (χ2v) is 7.30. The lowest BCUT2D eigenvalue weighted by Crippen LogP contribution is -2.17. The summed E-state index contributed by atoms with van der Waals surface area (Å²) in [6, 6.07) is 5.02. The second kappa shape index (κ2) is 7.24. The van der Waals surface area contributed by atoms with Crippen LogP contribution in [0, 0.1) is 0 Å². The maximum absolute atomic E-state index is 11.6. The van der Waals surface area contributed by atoms with E-state index in [1.165, 1.54) is 0 Å². The van der Waals surface area contributed by atoms with Crippen LogP contribution in [0.15, 0.2) is 18.2 Å². The summed E-state index contributed by atoms with van der Waals surface area (Å²) in [6.45, 7) is 1.46. The Hall–Kier alpha value is -2.13. The number of ether oxygens (including phenoxy) is 1. The minimum atomic E-state index is -0.656. The van der Waals surface area contributed by atoms with E-state index in [-0.39, 0.29) is 23.2 Å². The molecule has 0 aliphatic rings. The van der Waals surface area contributed by atoms with Crippen LogP contribution in [-0.2, 0) is 0 Å². The molecule has 10 heteroatoms. The van der Waals surface area contributed by atoms with Crippen LogP contribution < -0.4 is 16.2 Å². The Labute approximate surface area is 162 Å². The number of carbonyl (C=O) groups is 1. The van der Waals surface area contributed by atoms with Gasteiger partial charge in [0.15, 0.2) is 0 Å². The highest BCUT2D eigenvalue weighted by atomic mass is 35.5. The van der Waals surface area contributed by atoms with E-state index >= 15 is 0 Å². The number of aromatic nitrogens is 2. The number of halogens is 2. The van der Waals surface area contributed by atoms with Gasteiger partial charge in [0.1, 0.15) is 15.8 Å². The third-order valence-corrected chi connectivity index (χ3v) is 5.40. The van der Waals surface area contributed by atoms with Crippen molar-refractivity contribution in [3.63, 3.8) is 0 Å². The van der Waals surface area contributed by atoms with Crippen molar-refractivity contribution in [2.45, 2.75) is 13.0 Å². The fourth-order valence-corrected chi connectivity index (χ4v) is 3.54. The molecule has 5 N–H and O–H groups in total. The Morgan fingerprint density at radius 3 is 2.69 bits per heavy atom. The Morgan fingerprint density at radius 2 is 2.08 bits per heavy atom. The zero-order chi connectivity index (χ0) is 19.0. The molecule has 0 unspecified atom stereocenters. The lowest BCUT2D eigenvalue weighted by Gasteiger charge is -2.12. The van der Waals surface area contributed by atoms with Crippen LogP contribution in [0.25, 0.3) is 21.5 Å². The molecule has 0 saturated heterocycles. The van der Waals surface area contributed by atoms with E-state index in [0.717, 1.165) is 11.3 Å². The fraction of sp³-hybridized carbons (Fsp3) is 0.188. The second-order valence-electron chi connectivity index (χ2n) is 5.48. The largest absolute Gasteiger partial charge is 0.458 e. The van der Waals surface area contributed by atoms with Gasteiger partial charge in [-0.25, -0.2) is 0 Å². The number of anilines is 1. The number of thiophene rings is 1. The van der Waals surface area contributed by atoms with Crippen LogP contribution in [0.4, 0.5) is 5.69 Å². The molecule has 26 heavy (non-hydrogen) atoms. The van der Waals surface area contributed by atoms with Crippen LogP contribution in [0.2, 0.25) is 10.0 Å². The average molecular weight is 413 g/mol. The third-order valence-electron chi connectivity index (χ3n) is 3.55. The number of benzene rings is 1. The highest BCUT2D eigenvalue weighted by molar-refractivity contribution is 7.21. The molecule has 0 spiro atoms. The number of aliphatic hydroxyl groups is 1. The van der Waals surface area contributed by atoms with Gasteiger partial charge in [-0.15, -0.1) is 11.3 Å². The van der Waals surface area contributed by atoms with Crippen LogP contribution >= 0.6 is 34.5 Å². The Kier molecular flexibility index (Phi) is 5.19. The van der Waals surface area contributed by atoms with Gasteiger partial charge in [-0.1, -0.05) is 29.3 Å². The summed E-state index contributed by atoms with van der Waals surface area (Å²) >= 11 is 13.1. The topological polar surface area (TPSA) is 124 Å². The van der Waals surface area contributed by atoms with Crippen molar-refractivity contribution in [2.75, 3.05) is 12.3 Å². The minimum Gasteiger partial charge on any atom is -0.458 e. The van der Waals surface area contributed by atoms with E-state index in [1.54, 1.807) is 25.1 Å². The van der Waals surface area contributed by atoms with Gasteiger partial charge in [0.05, 0.1) is 33.4 Å². The average Bonchev–Trinajstić information content (AvgIpc) is 2.93. The van der Waals surface area contributed by atoms with E-state index in [1.807, 2.05) is 0 Å². The Balaban J connectivity index is 2.29. The lowest BCUT2D eigenvalue weighted by atomic mass is 10.1. The maximum Gasteiger partial charge on any atom is 0.318 e. The molecule has 0 bridgehead atoms. The van der Waals surface area contributed by atoms with Gasteiger partial charge in [-0.2, -0.15) is 9.97 Å². The standard InChI is InChI=1S/C16H14Cl2N4O3S/c1-6(5-23)25-16-21-12(7-2-3-8(17)9(18)4-7)10-11(19)13(14(20)24)26-15(10)22-16/h2-4,6,23H,5,19H2,1H3,(H2,20,24)/t6-/m0/s1. The first-order chi connectivity index (χ1) is 12.3. The summed E-state index contributed by atoms with van der Waals surface area (Å²) in [5, 5.41) is 10.4. The van der Waals surface area contributed by atoms with Gasteiger partial charge in [0.2, 0.25) is 0 Å². The molecule has 3 aromatic rings. The number of carbonyl (C=O) groups excluding carboxylic acids is 1. The quantitative estimate of drug-likeness (QED) is 0.591. The number of fused-ring (bicyclic) bond motifs is 1. The molecule has 0 fully saturated rings. The van der Waals surface area contributed by atoms with Crippen molar-refractivity contribution in [3.05, 3.63) is 33.1 Å².